The first-order valence-electron chi connectivity index (χ1n) is 13.5. The van der Waals surface area contributed by atoms with Crippen LogP contribution in [-0.4, -0.2) is 28.7 Å². The number of benzene rings is 2. The average Bonchev–Trinajstić information content (AvgIpc) is 3.85. The van der Waals surface area contributed by atoms with E-state index in [1.165, 1.54) is 0 Å². The Bertz CT molecular complexity index is 1020. The summed E-state index contributed by atoms with van der Waals surface area (Å²) in [5.41, 5.74) is 0.708. The number of hydrogen-bond donors (Lipinski definition) is 1. The molecular formula is C31H38O5. The first-order chi connectivity index (χ1) is 17.4. The molecular weight excluding hydrogens is 452 g/mol. The van der Waals surface area contributed by atoms with E-state index in [1.807, 2.05) is 36.4 Å². The summed E-state index contributed by atoms with van der Waals surface area (Å²) in [7, 11) is 0. The van der Waals surface area contributed by atoms with Crippen LogP contribution >= 0.6 is 0 Å². The van der Waals surface area contributed by atoms with Crippen molar-refractivity contribution in [2.75, 3.05) is 0 Å². The van der Waals surface area contributed by atoms with Gasteiger partial charge in [-0.15, -0.1) is 0 Å². The van der Waals surface area contributed by atoms with Crippen LogP contribution in [0.5, 0.6) is 0 Å². The van der Waals surface area contributed by atoms with E-state index >= 15 is 0 Å². The molecule has 0 saturated heterocycles. The van der Waals surface area contributed by atoms with Crippen molar-refractivity contribution in [1.29, 1.82) is 0 Å². The molecule has 0 spiro atoms. The standard InChI is InChI=1S/C31H38O5/c32-26(15-7-9-17-30(19-20-30)28(34)27(33)25-13-5-2-6-14-25)16-8-10-18-31(21-22-31)29(35)36-23-24-11-3-1-4-12-24/h1-6,11-14,26,32H,7-10,15-23H2. The van der Waals surface area contributed by atoms with Gasteiger partial charge in [-0.1, -0.05) is 86.3 Å². The molecule has 1 N–H and O–H groups in total. The van der Waals surface area contributed by atoms with Gasteiger partial charge in [-0.25, -0.2) is 0 Å². The predicted octanol–water partition coefficient (Wildman–Crippen LogP) is 6.22. The zero-order chi connectivity index (χ0) is 25.4. The van der Waals surface area contributed by atoms with Crippen LogP contribution in [0.4, 0.5) is 0 Å². The third-order valence-corrected chi connectivity index (χ3v) is 7.96. The lowest BCUT2D eigenvalue weighted by molar-refractivity contribution is -0.152. The zero-order valence-electron chi connectivity index (χ0n) is 21.1. The molecule has 5 nitrogen and oxygen atoms in total. The molecule has 0 bridgehead atoms. The monoisotopic (exact) mass is 490 g/mol. The van der Waals surface area contributed by atoms with Crippen LogP contribution in [0.25, 0.3) is 0 Å². The molecule has 2 aromatic rings. The Balaban J connectivity index is 1.07. The third-order valence-electron chi connectivity index (χ3n) is 7.96. The van der Waals surface area contributed by atoms with Crippen molar-refractivity contribution in [3.8, 4) is 0 Å². The molecule has 2 saturated carbocycles. The molecule has 0 amide bonds. The Morgan fingerprint density at radius 3 is 1.83 bits per heavy atom. The van der Waals surface area contributed by atoms with Crippen molar-refractivity contribution in [2.45, 2.75) is 89.8 Å². The fraction of sp³-hybridized carbons (Fsp3) is 0.516. The minimum Gasteiger partial charge on any atom is -0.460 e. The van der Waals surface area contributed by atoms with Crippen molar-refractivity contribution in [3.05, 3.63) is 71.8 Å². The minimum atomic E-state index is -0.467. The molecule has 2 aliphatic rings. The number of ketones is 2. The Labute approximate surface area is 214 Å². The van der Waals surface area contributed by atoms with Gasteiger partial charge < -0.3 is 9.84 Å². The number of carbonyl (C=O) groups is 3. The second-order valence-electron chi connectivity index (χ2n) is 10.8. The number of aliphatic hydroxyl groups is 1. The third kappa shape index (κ3) is 6.91. The van der Waals surface area contributed by atoms with E-state index in [9.17, 15) is 19.5 Å². The zero-order valence-corrected chi connectivity index (χ0v) is 21.1. The number of esters is 1. The molecule has 0 aromatic heterocycles. The second kappa shape index (κ2) is 12.0. The molecule has 0 heterocycles. The van der Waals surface area contributed by atoms with Gasteiger partial charge in [-0.05, 0) is 56.9 Å². The Hall–Kier alpha value is -2.79. The average molecular weight is 491 g/mol. The lowest BCUT2D eigenvalue weighted by atomic mass is 9.88. The predicted molar refractivity (Wildman–Crippen MR) is 138 cm³/mol. The van der Waals surface area contributed by atoms with Crippen molar-refractivity contribution in [1.82, 2.24) is 0 Å². The van der Waals surface area contributed by atoms with Gasteiger partial charge in [0.2, 0.25) is 11.6 Å². The van der Waals surface area contributed by atoms with Gasteiger partial charge >= 0.3 is 5.97 Å². The van der Waals surface area contributed by atoms with Crippen molar-refractivity contribution in [2.24, 2.45) is 10.8 Å². The van der Waals surface area contributed by atoms with Crippen molar-refractivity contribution in [3.63, 3.8) is 0 Å². The van der Waals surface area contributed by atoms with E-state index < -0.39 is 5.41 Å². The van der Waals surface area contributed by atoms with Gasteiger partial charge in [0.05, 0.1) is 11.5 Å². The van der Waals surface area contributed by atoms with Gasteiger partial charge in [-0.3, -0.25) is 14.4 Å². The highest BCUT2D eigenvalue weighted by molar-refractivity contribution is 6.45. The van der Waals surface area contributed by atoms with Crippen molar-refractivity contribution < 1.29 is 24.2 Å². The number of ether oxygens (including phenoxy) is 1. The molecule has 1 unspecified atom stereocenters. The Kier molecular flexibility index (Phi) is 8.73. The van der Waals surface area contributed by atoms with Gasteiger partial charge in [0.1, 0.15) is 6.61 Å². The number of unbranched alkanes of at least 4 members (excludes halogenated alkanes) is 2. The Morgan fingerprint density at radius 2 is 1.28 bits per heavy atom. The minimum absolute atomic E-state index is 0.0822. The van der Waals surface area contributed by atoms with E-state index in [4.69, 9.17) is 4.74 Å². The number of Topliss-reactive ketones (excluding diaryl/α,β-unsaturated/α-hetero) is 2. The molecule has 192 valence electrons. The molecule has 0 aliphatic heterocycles. The van der Waals surface area contributed by atoms with Crippen LogP contribution in [0.15, 0.2) is 60.7 Å². The van der Waals surface area contributed by atoms with Crippen LogP contribution < -0.4 is 0 Å². The summed E-state index contributed by atoms with van der Waals surface area (Å²) >= 11 is 0. The number of rotatable bonds is 16. The highest BCUT2D eigenvalue weighted by Gasteiger charge is 2.51. The maximum absolute atomic E-state index is 12.7. The van der Waals surface area contributed by atoms with Gasteiger partial charge in [0.25, 0.3) is 0 Å². The summed E-state index contributed by atoms with van der Waals surface area (Å²) in [6, 6.07) is 18.5. The van der Waals surface area contributed by atoms with E-state index in [-0.39, 0.29) is 29.1 Å². The quantitative estimate of drug-likeness (QED) is 0.131. The summed E-state index contributed by atoms with van der Waals surface area (Å²) < 4.78 is 5.55. The van der Waals surface area contributed by atoms with Crippen LogP contribution in [0, 0.1) is 10.8 Å². The normalized spacial score (nSPS) is 17.7. The van der Waals surface area contributed by atoms with Gasteiger partial charge in [-0.2, -0.15) is 0 Å². The second-order valence-corrected chi connectivity index (χ2v) is 10.8. The number of hydrogen-bond acceptors (Lipinski definition) is 5. The Morgan fingerprint density at radius 1 is 0.750 bits per heavy atom. The maximum Gasteiger partial charge on any atom is 0.312 e. The molecule has 36 heavy (non-hydrogen) atoms. The van der Waals surface area contributed by atoms with Crippen LogP contribution in [-0.2, 0) is 20.9 Å². The molecule has 2 aliphatic carbocycles. The molecule has 0 radical (unpaired) electrons. The number of carbonyl (C=O) groups excluding carboxylic acids is 3. The fourth-order valence-corrected chi connectivity index (χ4v) is 5.12. The molecule has 2 fully saturated rings. The van der Waals surface area contributed by atoms with E-state index in [0.717, 1.165) is 76.2 Å². The summed E-state index contributed by atoms with van der Waals surface area (Å²) in [5, 5.41) is 10.4. The topological polar surface area (TPSA) is 80.7 Å². The largest absolute Gasteiger partial charge is 0.460 e. The van der Waals surface area contributed by atoms with E-state index in [2.05, 4.69) is 0 Å². The SMILES string of the molecule is O=C(C(=O)C1(CCCCC(O)CCCCC2(C(=O)OCc3ccccc3)CC2)CC1)c1ccccc1. The summed E-state index contributed by atoms with van der Waals surface area (Å²) in [4.78, 5) is 37.8. The van der Waals surface area contributed by atoms with Crippen LogP contribution in [0.1, 0.15) is 93.0 Å². The smallest absolute Gasteiger partial charge is 0.312 e. The maximum atomic E-state index is 12.7. The van der Waals surface area contributed by atoms with Crippen LogP contribution in [0.3, 0.4) is 0 Å². The summed E-state index contributed by atoms with van der Waals surface area (Å²) in [6.07, 6.45) is 9.52. The van der Waals surface area contributed by atoms with Gasteiger partial charge in [0, 0.05) is 11.0 Å². The first kappa shape index (κ1) is 26.3. The van der Waals surface area contributed by atoms with Crippen molar-refractivity contribution >= 4 is 17.5 Å². The highest BCUT2D eigenvalue weighted by Crippen LogP contribution is 2.52. The summed E-state index contributed by atoms with van der Waals surface area (Å²) in [6.45, 7) is 0.327. The molecule has 5 heteroatoms. The van der Waals surface area contributed by atoms with Crippen LogP contribution in [0.2, 0.25) is 0 Å². The fourth-order valence-electron chi connectivity index (χ4n) is 5.12. The highest BCUT2D eigenvalue weighted by atomic mass is 16.5. The number of aliphatic hydroxyl groups excluding tert-OH is 1. The molecule has 4 rings (SSSR count). The van der Waals surface area contributed by atoms with E-state index in [0.29, 0.717) is 18.6 Å². The lowest BCUT2D eigenvalue weighted by Crippen LogP contribution is -2.25. The first-order valence-corrected chi connectivity index (χ1v) is 13.5. The van der Waals surface area contributed by atoms with E-state index in [1.54, 1.807) is 24.3 Å². The molecule has 2 aromatic carbocycles. The van der Waals surface area contributed by atoms with Gasteiger partial charge in [0.15, 0.2) is 0 Å². The lowest BCUT2D eigenvalue weighted by Gasteiger charge is -2.16. The summed E-state index contributed by atoms with van der Waals surface area (Å²) in [5.74, 6) is -0.697. The molecule has 1 atom stereocenters.